The average Bonchev–Trinajstić information content (AvgIpc) is 3.20. The van der Waals surface area contributed by atoms with Gasteiger partial charge in [-0.2, -0.15) is 0 Å². The van der Waals surface area contributed by atoms with Crippen molar-refractivity contribution in [3.05, 3.63) is 63.9 Å². The molecule has 0 bridgehead atoms. The van der Waals surface area contributed by atoms with E-state index in [9.17, 15) is 15.0 Å². The minimum Gasteiger partial charge on any atom is -0.360 e. The van der Waals surface area contributed by atoms with Gasteiger partial charge in [0.25, 0.3) is 0 Å². The molecule has 1 fully saturated rings. The summed E-state index contributed by atoms with van der Waals surface area (Å²) < 4.78 is 0. The molecule has 0 radical (unpaired) electrons. The Bertz CT molecular complexity index is 796. The molecule has 27 heavy (non-hydrogen) atoms. The number of benzene rings is 1. The molecule has 1 saturated heterocycles. The summed E-state index contributed by atoms with van der Waals surface area (Å²) in [5, 5.41) is 25.5. The number of halogens is 2. The monoisotopic (exact) mass is 409 g/mol. The molecule has 1 aliphatic rings. The van der Waals surface area contributed by atoms with Gasteiger partial charge in [0.15, 0.2) is 0 Å². The highest BCUT2D eigenvalue weighted by molar-refractivity contribution is 6.42. The van der Waals surface area contributed by atoms with E-state index in [0.717, 1.165) is 18.4 Å². The van der Waals surface area contributed by atoms with Crippen LogP contribution in [0.2, 0.25) is 10.0 Å². The van der Waals surface area contributed by atoms with Crippen LogP contribution in [0.4, 0.5) is 0 Å². The highest BCUT2D eigenvalue weighted by Crippen LogP contribution is 2.26. The van der Waals surface area contributed by atoms with Crippen LogP contribution in [0.15, 0.2) is 42.7 Å². The van der Waals surface area contributed by atoms with Crippen LogP contribution in [0.5, 0.6) is 0 Å². The molecule has 3 N–H and O–H groups in total. The van der Waals surface area contributed by atoms with Crippen molar-refractivity contribution < 1.29 is 15.0 Å². The van der Waals surface area contributed by atoms with Crippen molar-refractivity contribution >= 4 is 29.1 Å². The molecule has 1 amide bonds. The van der Waals surface area contributed by atoms with Crippen molar-refractivity contribution in [1.29, 1.82) is 0 Å². The maximum Gasteiger partial charge on any atom is 0.245 e. The average molecular weight is 410 g/mol. The van der Waals surface area contributed by atoms with Crippen LogP contribution in [0.1, 0.15) is 24.0 Å². The van der Waals surface area contributed by atoms with E-state index in [1.807, 2.05) is 0 Å². The van der Waals surface area contributed by atoms with Crippen LogP contribution < -0.4 is 5.32 Å². The SMILES string of the molecule is O=C(C(NCc1ccc(Cl)c(Cl)c1)C(O)(O)c1ccncc1)N1CCCC1. The molecule has 0 spiro atoms. The molecule has 1 atom stereocenters. The number of aliphatic hydroxyl groups is 2. The first-order valence-electron chi connectivity index (χ1n) is 8.71. The van der Waals surface area contributed by atoms with Crippen molar-refractivity contribution in [2.45, 2.75) is 31.2 Å². The Morgan fingerprint density at radius 3 is 2.44 bits per heavy atom. The molecule has 1 aliphatic heterocycles. The lowest BCUT2D eigenvalue weighted by Crippen LogP contribution is -2.57. The zero-order chi connectivity index (χ0) is 19.4. The Balaban J connectivity index is 1.84. The largest absolute Gasteiger partial charge is 0.360 e. The summed E-state index contributed by atoms with van der Waals surface area (Å²) in [6.07, 6.45) is 4.72. The van der Waals surface area contributed by atoms with Gasteiger partial charge in [-0.1, -0.05) is 29.3 Å². The van der Waals surface area contributed by atoms with Crippen molar-refractivity contribution in [2.75, 3.05) is 13.1 Å². The van der Waals surface area contributed by atoms with Gasteiger partial charge in [0.2, 0.25) is 11.7 Å². The first kappa shape index (κ1) is 20.0. The van der Waals surface area contributed by atoms with E-state index >= 15 is 0 Å². The zero-order valence-electron chi connectivity index (χ0n) is 14.6. The van der Waals surface area contributed by atoms with Crippen molar-refractivity contribution in [1.82, 2.24) is 15.2 Å². The number of hydrogen-bond donors (Lipinski definition) is 3. The van der Waals surface area contributed by atoms with E-state index in [-0.39, 0.29) is 18.0 Å². The predicted octanol–water partition coefficient (Wildman–Crippen LogP) is 2.31. The molecule has 3 rings (SSSR count). The van der Waals surface area contributed by atoms with E-state index in [4.69, 9.17) is 23.2 Å². The summed E-state index contributed by atoms with van der Waals surface area (Å²) in [4.78, 5) is 18.5. The fourth-order valence-corrected chi connectivity index (χ4v) is 3.48. The topological polar surface area (TPSA) is 85.7 Å². The fourth-order valence-electron chi connectivity index (χ4n) is 3.16. The number of nitrogens with one attached hydrogen (secondary N) is 1. The van der Waals surface area contributed by atoms with Crippen LogP contribution >= 0.6 is 23.2 Å². The molecule has 8 heteroatoms. The Morgan fingerprint density at radius 1 is 1.15 bits per heavy atom. The van der Waals surface area contributed by atoms with Crippen LogP contribution in [0, 0.1) is 0 Å². The van der Waals surface area contributed by atoms with Gasteiger partial charge < -0.3 is 15.1 Å². The standard InChI is InChI=1S/C19H21Cl2N3O3/c20-15-4-3-13(11-16(15)21)12-23-17(18(25)24-9-1-2-10-24)19(26,27)14-5-7-22-8-6-14/h3-8,11,17,23,26-27H,1-2,9-10,12H2. The van der Waals surface area contributed by atoms with Crippen LogP contribution in [-0.4, -0.2) is 45.1 Å². The van der Waals surface area contributed by atoms with Gasteiger partial charge >= 0.3 is 0 Å². The number of hydrogen-bond acceptors (Lipinski definition) is 5. The molecule has 1 unspecified atom stereocenters. The number of nitrogens with zero attached hydrogens (tertiary/aromatic N) is 2. The smallest absolute Gasteiger partial charge is 0.245 e. The lowest BCUT2D eigenvalue weighted by molar-refractivity contribution is -0.200. The third kappa shape index (κ3) is 4.59. The van der Waals surface area contributed by atoms with Gasteiger partial charge in [-0.15, -0.1) is 0 Å². The Labute approximate surface area is 167 Å². The highest BCUT2D eigenvalue weighted by atomic mass is 35.5. The number of rotatable bonds is 6. The number of pyridine rings is 1. The lowest BCUT2D eigenvalue weighted by Gasteiger charge is -2.34. The Kier molecular flexibility index (Phi) is 6.34. The van der Waals surface area contributed by atoms with E-state index in [1.165, 1.54) is 24.5 Å². The minimum atomic E-state index is -2.39. The third-order valence-electron chi connectivity index (χ3n) is 4.67. The normalized spacial score (nSPS) is 15.8. The summed E-state index contributed by atoms with van der Waals surface area (Å²) in [6, 6.07) is 6.81. The summed E-state index contributed by atoms with van der Waals surface area (Å²) in [5.41, 5.74) is 0.964. The second-order valence-electron chi connectivity index (χ2n) is 6.56. The number of carbonyl (C=O) groups is 1. The first-order valence-corrected chi connectivity index (χ1v) is 9.46. The van der Waals surface area contributed by atoms with E-state index < -0.39 is 11.8 Å². The van der Waals surface area contributed by atoms with Gasteiger partial charge in [-0.25, -0.2) is 0 Å². The van der Waals surface area contributed by atoms with Crippen LogP contribution in [0.3, 0.4) is 0 Å². The molecule has 0 aliphatic carbocycles. The molecular weight excluding hydrogens is 389 g/mol. The zero-order valence-corrected chi connectivity index (χ0v) is 16.1. The second kappa shape index (κ2) is 8.54. The molecule has 1 aromatic heterocycles. The molecule has 0 saturated carbocycles. The molecular formula is C19H21Cl2N3O3. The number of amides is 1. The molecule has 6 nitrogen and oxygen atoms in total. The van der Waals surface area contributed by atoms with Crippen LogP contribution in [0.25, 0.3) is 0 Å². The Morgan fingerprint density at radius 2 is 1.81 bits per heavy atom. The fraction of sp³-hybridized carbons (Fsp3) is 0.368. The molecule has 2 aromatic rings. The van der Waals surface area contributed by atoms with Gasteiger partial charge in [0.05, 0.1) is 10.0 Å². The number of carbonyl (C=O) groups excluding carboxylic acids is 1. The highest BCUT2D eigenvalue weighted by Gasteiger charge is 2.43. The van der Waals surface area contributed by atoms with E-state index in [2.05, 4.69) is 10.3 Å². The van der Waals surface area contributed by atoms with Gasteiger partial charge in [0, 0.05) is 37.6 Å². The quantitative estimate of drug-likeness (QED) is 0.637. The molecule has 1 aromatic carbocycles. The van der Waals surface area contributed by atoms with Gasteiger partial charge in [-0.3, -0.25) is 15.1 Å². The maximum absolute atomic E-state index is 13.0. The second-order valence-corrected chi connectivity index (χ2v) is 7.37. The van der Waals surface area contributed by atoms with Crippen molar-refractivity contribution in [3.8, 4) is 0 Å². The molecule has 144 valence electrons. The summed E-state index contributed by atoms with van der Waals surface area (Å²) >= 11 is 12.0. The Hall–Kier alpha value is -1.70. The summed E-state index contributed by atoms with van der Waals surface area (Å²) in [6.45, 7) is 1.43. The van der Waals surface area contributed by atoms with Gasteiger partial charge in [0.1, 0.15) is 6.04 Å². The summed E-state index contributed by atoms with van der Waals surface area (Å²) in [5.74, 6) is -2.74. The van der Waals surface area contributed by atoms with Crippen LogP contribution in [-0.2, 0) is 17.1 Å². The maximum atomic E-state index is 13.0. The predicted molar refractivity (Wildman–Crippen MR) is 103 cm³/mol. The first-order chi connectivity index (χ1) is 12.9. The third-order valence-corrected chi connectivity index (χ3v) is 5.41. The summed E-state index contributed by atoms with van der Waals surface area (Å²) in [7, 11) is 0. The number of likely N-dealkylation sites (tertiary alicyclic amines) is 1. The van der Waals surface area contributed by atoms with E-state index in [1.54, 1.807) is 23.1 Å². The van der Waals surface area contributed by atoms with Gasteiger partial charge in [-0.05, 0) is 42.7 Å². The number of aromatic nitrogens is 1. The van der Waals surface area contributed by atoms with Crippen molar-refractivity contribution in [2.24, 2.45) is 0 Å². The van der Waals surface area contributed by atoms with E-state index in [0.29, 0.717) is 23.1 Å². The lowest BCUT2D eigenvalue weighted by atomic mass is 9.97. The molecule has 2 heterocycles. The minimum absolute atomic E-state index is 0.191. The van der Waals surface area contributed by atoms with Crippen molar-refractivity contribution in [3.63, 3.8) is 0 Å².